The number of para-hydroxylation sites is 2. The molecule has 14 nitrogen and oxygen atoms in total. The lowest BCUT2D eigenvalue weighted by Gasteiger charge is -2.20. The van der Waals surface area contributed by atoms with Crippen LogP contribution < -0.4 is 31.3 Å². The van der Waals surface area contributed by atoms with Crippen molar-refractivity contribution in [1.29, 1.82) is 0 Å². The molecule has 5 aromatic carbocycles. The second-order valence-corrected chi connectivity index (χ2v) is 12.7. The maximum absolute atomic E-state index is 9.67. The number of nitrogens with one attached hydrogen (secondary N) is 5. The molecule has 0 spiro atoms. The molecule has 0 aliphatic rings. The zero-order valence-corrected chi connectivity index (χ0v) is 30.4. The molecule has 0 saturated heterocycles. The fraction of sp³-hybridized carbons (Fsp3) is 0.143. The summed E-state index contributed by atoms with van der Waals surface area (Å²) in [5.41, 5.74) is 4.67. The molecule has 0 radical (unpaired) electrons. The Kier molecular flexibility index (Phi) is 12.2. The Hall–Kier alpha value is -7.48. The molecule has 0 bridgehead atoms. The van der Waals surface area contributed by atoms with Crippen molar-refractivity contribution < 1.29 is 14.9 Å². The van der Waals surface area contributed by atoms with Crippen LogP contribution in [0.25, 0.3) is 0 Å². The van der Waals surface area contributed by atoms with Crippen molar-refractivity contribution in [3.63, 3.8) is 0 Å². The minimum Gasteiger partial charge on any atom is -0.508 e. The van der Waals surface area contributed by atoms with E-state index in [9.17, 15) is 10.2 Å². The van der Waals surface area contributed by atoms with Crippen LogP contribution in [0.4, 0.5) is 41.1 Å². The van der Waals surface area contributed by atoms with Gasteiger partial charge >= 0.3 is 6.01 Å². The van der Waals surface area contributed by atoms with E-state index in [-0.39, 0.29) is 24.1 Å². The number of anilines is 7. The van der Waals surface area contributed by atoms with E-state index >= 15 is 0 Å². The molecule has 0 fully saturated rings. The standard InChI is InChI=1S/C42H41N11O3/c54-34-20-16-29(17-21-34)24-26-43-37-48-39(45-32-12-6-2-7-13-32)51-41(49-37)47-36(31-10-4-1-5-11-31)28-56-42-52-38(44-27-25-30-18-22-35(55)23-19-30)50-40(53-42)46-33-14-8-3-9-15-33/h1-23,36,54-55H,24-28H2,(H2,44,46,50,52,53)(H3,43,45,47,48,49,51)/t36-/m1/s1. The van der Waals surface area contributed by atoms with Gasteiger partial charge in [0.1, 0.15) is 18.1 Å². The highest BCUT2D eigenvalue weighted by atomic mass is 16.5. The summed E-state index contributed by atoms with van der Waals surface area (Å²) in [6.07, 6.45) is 1.38. The zero-order valence-electron chi connectivity index (χ0n) is 30.4. The van der Waals surface area contributed by atoms with E-state index in [1.165, 1.54) is 0 Å². The molecule has 7 aromatic rings. The summed E-state index contributed by atoms with van der Waals surface area (Å²) in [4.78, 5) is 27.9. The number of phenolic OH excluding ortho intramolecular Hbond substituents is 2. The average Bonchev–Trinajstić information content (AvgIpc) is 3.22. The molecule has 2 heterocycles. The summed E-state index contributed by atoms with van der Waals surface area (Å²) in [7, 11) is 0. The lowest BCUT2D eigenvalue weighted by Crippen LogP contribution is -2.22. The van der Waals surface area contributed by atoms with Gasteiger partial charge in [-0.3, -0.25) is 0 Å². The largest absolute Gasteiger partial charge is 0.508 e. The van der Waals surface area contributed by atoms with Crippen molar-refractivity contribution >= 4 is 41.1 Å². The first kappa shape index (κ1) is 36.9. The number of aromatic nitrogens is 6. The molecule has 56 heavy (non-hydrogen) atoms. The molecule has 7 rings (SSSR count). The topological polar surface area (TPSA) is 187 Å². The summed E-state index contributed by atoms with van der Waals surface area (Å²) >= 11 is 0. The van der Waals surface area contributed by atoms with Gasteiger partial charge in [0.15, 0.2) is 0 Å². The Balaban J connectivity index is 1.11. The van der Waals surface area contributed by atoms with E-state index in [2.05, 4.69) is 46.5 Å². The van der Waals surface area contributed by atoms with E-state index in [0.717, 1.165) is 28.1 Å². The van der Waals surface area contributed by atoms with Crippen LogP contribution in [0.5, 0.6) is 17.5 Å². The lowest BCUT2D eigenvalue weighted by molar-refractivity contribution is 0.275. The second kappa shape index (κ2) is 18.5. The van der Waals surface area contributed by atoms with Crippen molar-refractivity contribution in [1.82, 2.24) is 29.9 Å². The van der Waals surface area contributed by atoms with E-state index in [0.29, 0.717) is 55.7 Å². The monoisotopic (exact) mass is 747 g/mol. The molecule has 1 atom stereocenters. The number of hydrogen-bond acceptors (Lipinski definition) is 14. The Morgan fingerprint density at radius 3 is 1.43 bits per heavy atom. The maximum Gasteiger partial charge on any atom is 0.323 e. The van der Waals surface area contributed by atoms with Crippen molar-refractivity contribution in [2.75, 3.05) is 46.3 Å². The predicted molar refractivity (Wildman–Crippen MR) is 218 cm³/mol. The third-order valence-corrected chi connectivity index (χ3v) is 8.46. The van der Waals surface area contributed by atoms with Crippen molar-refractivity contribution in [3.05, 3.63) is 156 Å². The Labute approximate surface area is 324 Å². The van der Waals surface area contributed by atoms with Gasteiger partial charge in [-0.1, -0.05) is 91.0 Å². The molecule has 14 heteroatoms. The first-order chi connectivity index (χ1) is 27.5. The predicted octanol–water partition coefficient (Wildman–Crippen LogP) is 7.50. The lowest BCUT2D eigenvalue weighted by atomic mass is 10.1. The highest BCUT2D eigenvalue weighted by molar-refractivity contribution is 5.56. The van der Waals surface area contributed by atoms with Gasteiger partial charge in [-0.05, 0) is 78.1 Å². The highest BCUT2D eigenvalue weighted by Gasteiger charge is 2.18. The fourth-order valence-corrected chi connectivity index (χ4v) is 5.62. The van der Waals surface area contributed by atoms with E-state index in [4.69, 9.17) is 14.7 Å². The summed E-state index contributed by atoms with van der Waals surface area (Å²) < 4.78 is 6.32. The number of rotatable bonds is 18. The number of benzene rings is 5. The molecule has 0 saturated carbocycles. The van der Waals surface area contributed by atoms with Gasteiger partial charge in [0, 0.05) is 24.5 Å². The molecule has 282 valence electrons. The van der Waals surface area contributed by atoms with Gasteiger partial charge in [0.2, 0.25) is 29.7 Å². The first-order valence-corrected chi connectivity index (χ1v) is 18.1. The van der Waals surface area contributed by atoms with Crippen LogP contribution in [0.1, 0.15) is 22.7 Å². The second-order valence-electron chi connectivity index (χ2n) is 12.7. The minimum absolute atomic E-state index is 0.114. The van der Waals surface area contributed by atoms with Crippen molar-refractivity contribution in [2.45, 2.75) is 18.9 Å². The van der Waals surface area contributed by atoms with Crippen LogP contribution in [-0.2, 0) is 12.8 Å². The quantitative estimate of drug-likeness (QED) is 0.0457. The third-order valence-electron chi connectivity index (χ3n) is 8.46. The van der Waals surface area contributed by atoms with Crippen LogP contribution in [0, 0.1) is 0 Å². The smallest absolute Gasteiger partial charge is 0.323 e. The van der Waals surface area contributed by atoms with E-state index < -0.39 is 6.04 Å². The number of nitrogens with zero attached hydrogens (tertiary/aromatic N) is 6. The zero-order chi connectivity index (χ0) is 38.4. The number of ether oxygens (including phenoxy) is 1. The van der Waals surface area contributed by atoms with E-state index in [1.807, 2.05) is 115 Å². The maximum atomic E-state index is 9.67. The minimum atomic E-state index is -0.429. The molecule has 0 aliphatic carbocycles. The molecule has 7 N–H and O–H groups in total. The van der Waals surface area contributed by atoms with Gasteiger partial charge < -0.3 is 41.5 Å². The third kappa shape index (κ3) is 11.0. The van der Waals surface area contributed by atoms with Crippen LogP contribution in [0.3, 0.4) is 0 Å². The Morgan fingerprint density at radius 2 is 0.893 bits per heavy atom. The SMILES string of the molecule is Oc1ccc(CCNc2nc(Nc3ccccc3)nc(N[C@H](COc3nc(NCCc4ccc(O)cc4)nc(Nc4ccccc4)n3)c3ccccc3)n2)cc1. The molecular formula is C42H41N11O3. The summed E-state index contributed by atoms with van der Waals surface area (Å²) in [5.74, 6) is 2.15. The number of phenols is 2. The summed E-state index contributed by atoms with van der Waals surface area (Å²) in [5, 5.41) is 35.9. The molecule has 0 aliphatic heterocycles. The van der Waals surface area contributed by atoms with Gasteiger partial charge in [-0.15, -0.1) is 0 Å². The van der Waals surface area contributed by atoms with Crippen molar-refractivity contribution in [2.24, 2.45) is 0 Å². The summed E-state index contributed by atoms with van der Waals surface area (Å²) in [6.45, 7) is 1.20. The molecule has 2 aromatic heterocycles. The van der Waals surface area contributed by atoms with Gasteiger partial charge in [0.25, 0.3) is 0 Å². The highest BCUT2D eigenvalue weighted by Crippen LogP contribution is 2.23. The molecule has 0 amide bonds. The Bertz CT molecular complexity index is 2270. The Morgan fingerprint density at radius 1 is 0.464 bits per heavy atom. The van der Waals surface area contributed by atoms with Gasteiger partial charge in [-0.25, -0.2) is 0 Å². The van der Waals surface area contributed by atoms with Crippen LogP contribution >= 0.6 is 0 Å². The van der Waals surface area contributed by atoms with Crippen LogP contribution in [-0.4, -0.2) is 59.8 Å². The first-order valence-electron chi connectivity index (χ1n) is 18.1. The number of hydrogen-bond donors (Lipinski definition) is 7. The summed E-state index contributed by atoms with van der Waals surface area (Å²) in [6, 6.07) is 43.0. The molecule has 0 unspecified atom stereocenters. The normalized spacial score (nSPS) is 11.3. The average molecular weight is 748 g/mol. The van der Waals surface area contributed by atoms with Crippen molar-refractivity contribution in [3.8, 4) is 17.5 Å². The van der Waals surface area contributed by atoms with E-state index in [1.54, 1.807) is 24.3 Å². The van der Waals surface area contributed by atoms with Gasteiger partial charge in [0.05, 0.1) is 6.04 Å². The van der Waals surface area contributed by atoms with Crippen LogP contribution in [0.2, 0.25) is 0 Å². The fourth-order valence-electron chi connectivity index (χ4n) is 5.62. The molecular weight excluding hydrogens is 707 g/mol. The number of aromatic hydroxyl groups is 2. The van der Waals surface area contributed by atoms with Gasteiger partial charge in [-0.2, -0.15) is 29.9 Å². The van der Waals surface area contributed by atoms with Crippen LogP contribution in [0.15, 0.2) is 140 Å².